The van der Waals surface area contributed by atoms with Crippen LogP contribution in [0.25, 0.3) is 5.65 Å². The van der Waals surface area contributed by atoms with E-state index in [0.29, 0.717) is 17.8 Å². The standard InChI is InChI=1S/C20H26N6/c1-2-13-3-9-16(10-4-13)24-18-17(14-5-7-15(21)8-6-14)19(22)25-26-12-11-23-20(18)26/h3-4,9-12,14-15,24H,2,5-8,21H2,1H3,(H2,22,25). The van der Waals surface area contributed by atoms with Crippen molar-refractivity contribution < 1.29 is 0 Å². The Balaban J connectivity index is 1.77. The van der Waals surface area contributed by atoms with Crippen LogP contribution in [0.3, 0.4) is 0 Å². The van der Waals surface area contributed by atoms with Gasteiger partial charge in [0.05, 0.1) is 5.69 Å². The molecule has 0 spiro atoms. The minimum absolute atomic E-state index is 0.300. The van der Waals surface area contributed by atoms with Crippen molar-refractivity contribution in [3.8, 4) is 0 Å². The summed E-state index contributed by atoms with van der Waals surface area (Å²) in [5, 5.41) is 8.09. The molecule has 6 nitrogen and oxygen atoms in total. The summed E-state index contributed by atoms with van der Waals surface area (Å²) in [4.78, 5) is 4.52. The fourth-order valence-corrected chi connectivity index (χ4v) is 3.89. The number of hydrogen-bond donors (Lipinski definition) is 3. The highest BCUT2D eigenvalue weighted by atomic mass is 15.3. The maximum atomic E-state index is 6.38. The van der Waals surface area contributed by atoms with Crippen molar-refractivity contribution in [1.29, 1.82) is 0 Å². The molecular weight excluding hydrogens is 324 g/mol. The number of hydrogen-bond acceptors (Lipinski definition) is 5. The molecule has 1 saturated carbocycles. The number of aromatic nitrogens is 3. The van der Waals surface area contributed by atoms with Crippen molar-refractivity contribution in [3.05, 3.63) is 47.8 Å². The summed E-state index contributed by atoms with van der Waals surface area (Å²) in [5.74, 6) is 0.935. The molecule has 0 saturated heterocycles. The van der Waals surface area contributed by atoms with E-state index in [4.69, 9.17) is 11.5 Å². The van der Waals surface area contributed by atoms with Crippen LogP contribution in [0, 0.1) is 0 Å². The SMILES string of the molecule is CCc1ccc(Nc2c(C3CCC(N)CC3)c(N)nn3ccnc23)cc1. The molecule has 1 aliphatic rings. The van der Waals surface area contributed by atoms with Crippen LogP contribution >= 0.6 is 0 Å². The van der Waals surface area contributed by atoms with Crippen LogP contribution in [0.2, 0.25) is 0 Å². The lowest BCUT2D eigenvalue weighted by atomic mass is 9.81. The molecule has 0 radical (unpaired) electrons. The van der Waals surface area contributed by atoms with Gasteiger partial charge in [0.15, 0.2) is 5.65 Å². The van der Waals surface area contributed by atoms with E-state index in [-0.39, 0.29) is 0 Å². The number of nitrogens with one attached hydrogen (secondary N) is 1. The van der Waals surface area contributed by atoms with Gasteiger partial charge in [0, 0.05) is 29.7 Å². The summed E-state index contributed by atoms with van der Waals surface area (Å²) in [5.41, 5.74) is 17.7. The van der Waals surface area contributed by atoms with Gasteiger partial charge in [0.1, 0.15) is 5.82 Å². The van der Waals surface area contributed by atoms with Crippen molar-refractivity contribution in [2.75, 3.05) is 11.1 Å². The third-order valence-corrected chi connectivity index (χ3v) is 5.42. The lowest BCUT2D eigenvalue weighted by Gasteiger charge is -2.28. The van der Waals surface area contributed by atoms with Crippen molar-refractivity contribution >= 4 is 22.8 Å². The quantitative estimate of drug-likeness (QED) is 0.668. The zero-order chi connectivity index (χ0) is 18.1. The van der Waals surface area contributed by atoms with Crippen LogP contribution < -0.4 is 16.8 Å². The fraction of sp³-hybridized carbons (Fsp3) is 0.400. The molecule has 1 aromatic carbocycles. The summed E-state index contributed by atoms with van der Waals surface area (Å²) in [6, 6.07) is 8.81. The van der Waals surface area contributed by atoms with E-state index in [0.717, 1.165) is 54.7 Å². The van der Waals surface area contributed by atoms with Crippen LogP contribution in [-0.4, -0.2) is 20.6 Å². The van der Waals surface area contributed by atoms with Gasteiger partial charge in [-0.25, -0.2) is 9.50 Å². The summed E-state index contributed by atoms with van der Waals surface area (Å²) < 4.78 is 1.75. The summed E-state index contributed by atoms with van der Waals surface area (Å²) >= 11 is 0. The number of aryl methyl sites for hydroxylation is 1. The normalized spacial score (nSPS) is 20.4. The van der Waals surface area contributed by atoms with Crippen molar-refractivity contribution in [2.45, 2.75) is 51.0 Å². The number of nitrogens with zero attached hydrogens (tertiary/aromatic N) is 3. The Hall–Kier alpha value is -2.60. The Morgan fingerprint density at radius 3 is 2.58 bits per heavy atom. The predicted octanol–water partition coefficient (Wildman–Crippen LogP) is 3.60. The Labute approximate surface area is 153 Å². The Morgan fingerprint density at radius 1 is 1.15 bits per heavy atom. The average Bonchev–Trinajstić information content (AvgIpc) is 3.12. The van der Waals surface area contributed by atoms with Crippen LogP contribution in [0.4, 0.5) is 17.2 Å². The van der Waals surface area contributed by atoms with Crippen molar-refractivity contribution in [2.24, 2.45) is 5.73 Å². The highest BCUT2D eigenvalue weighted by molar-refractivity contribution is 5.80. The van der Waals surface area contributed by atoms with Crippen LogP contribution in [0.1, 0.15) is 49.7 Å². The van der Waals surface area contributed by atoms with E-state index < -0.39 is 0 Å². The maximum absolute atomic E-state index is 6.38. The number of anilines is 3. The van der Waals surface area contributed by atoms with Crippen molar-refractivity contribution in [3.63, 3.8) is 0 Å². The van der Waals surface area contributed by atoms with E-state index in [2.05, 4.69) is 46.6 Å². The summed E-state index contributed by atoms with van der Waals surface area (Å²) in [6.45, 7) is 2.16. The van der Waals surface area contributed by atoms with Gasteiger partial charge in [0.2, 0.25) is 0 Å². The molecule has 6 heteroatoms. The molecule has 0 amide bonds. The second-order valence-electron chi connectivity index (χ2n) is 7.16. The first-order valence-corrected chi connectivity index (χ1v) is 9.40. The minimum Gasteiger partial charge on any atom is -0.382 e. The van der Waals surface area contributed by atoms with E-state index in [1.165, 1.54) is 5.56 Å². The number of imidazole rings is 1. The average molecular weight is 350 g/mol. The number of nitrogens with two attached hydrogens (primary N) is 2. The molecule has 136 valence electrons. The third-order valence-electron chi connectivity index (χ3n) is 5.42. The van der Waals surface area contributed by atoms with Crippen LogP contribution in [0.5, 0.6) is 0 Å². The van der Waals surface area contributed by atoms with E-state index in [1.54, 1.807) is 10.7 Å². The van der Waals surface area contributed by atoms with Gasteiger partial charge in [-0.15, -0.1) is 5.10 Å². The molecule has 0 unspecified atom stereocenters. The largest absolute Gasteiger partial charge is 0.382 e. The Morgan fingerprint density at radius 2 is 1.88 bits per heavy atom. The van der Waals surface area contributed by atoms with Gasteiger partial charge in [-0.2, -0.15) is 0 Å². The number of fused-ring (bicyclic) bond motifs is 1. The zero-order valence-corrected chi connectivity index (χ0v) is 15.2. The fourth-order valence-electron chi connectivity index (χ4n) is 3.89. The Bertz CT molecular complexity index is 891. The van der Waals surface area contributed by atoms with Crippen molar-refractivity contribution in [1.82, 2.24) is 14.6 Å². The topological polar surface area (TPSA) is 94.3 Å². The van der Waals surface area contributed by atoms with Gasteiger partial charge in [-0.1, -0.05) is 19.1 Å². The molecule has 4 rings (SSSR count). The molecule has 26 heavy (non-hydrogen) atoms. The monoisotopic (exact) mass is 350 g/mol. The maximum Gasteiger partial charge on any atom is 0.177 e. The highest BCUT2D eigenvalue weighted by Gasteiger charge is 2.27. The first-order valence-electron chi connectivity index (χ1n) is 9.40. The molecule has 2 aromatic heterocycles. The number of nitrogen functional groups attached to an aromatic ring is 1. The lowest BCUT2D eigenvalue weighted by molar-refractivity contribution is 0.396. The predicted molar refractivity (Wildman–Crippen MR) is 106 cm³/mol. The molecule has 1 aliphatic carbocycles. The first kappa shape index (κ1) is 16.8. The smallest absolute Gasteiger partial charge is 0.177 e. The van der Waals surface area contributed by atoms with Gasteiger partial charge in [-0.05, 0) is 55.7 Å². The second kappa shape index (κ2) is 6.96. The Kier molecular flexibility index (Phi) is 4.51. The molecule has 2 heterocycles. The second-order valence-corrected chi connectivity index (χ2v) is 7.16. The van der Waals surface area contributed by atoms with E-state index >= 15 is 0 Å². The molecule has 0 bridgehead atoms. The summed E-state index contributed by atoms with van der Waals surface area (Å²) in [7, 11) is 0. The molecule has 3 aromatic rings. The van der Waals surface area contributed by atoms with Crippen LogP contribution in [0.15, 0.2) is 36.7 Å². The molecule has 5 N–H and O–H groups in total. The van der Waals surface area contributed by atoms with E-state index in [9.17, 15) is 0 Å². The zero-order valence-electron chi connectivity index (χ0n) is 15.2. The van der Waals surface area contributed by atoms with Crippen LogP contribution in [-0.2, 0) is 6.42 Å². The lowest BCUT2D eigenvalue weighted by Crippen LogP contribution is -2.26. The summed E-state index contributed by atoms with van der Waals surface area (Å²) in [6.07, 6.45) is 8.73. The molecular formula is C20H26N6. The third kappa shape index (κ3) is 3.12. The van der Waals surface area contributed by atoms with Gasteiger partial charge in [0.25, 0.3) is 0 Å². The van der Waals surface area contributed by atoms with Gasteiger partial charge >= 0.3 is 0 Å². The van der Waals surface area contributed by atoms with Gasteiger partial charge < -0.3 is 16.8 Å². The molecule has 0 aliphatic heterocycles. The van der Waals surface area contributed by atoms with Gasteiger partial charge in [-0.3, -0.25) is 0 Å². The minimum atomic E-state index is 0.300. The number of benzene rings is 1. The molecule has 0 atom stereocenters. The number of rotatable bonds is 4. The van der Waals surface area contributed by atoms with E-state index in [1.807, 2.05) is 6.20 Å². The highest BCUT2D eigenvalue weighted by Crippen LogP contribution is 2.41. The first-order chi connectivity index (χ1) is 12.7. The molecule has 1 fully saturated rings.